The van der Waals surface area contributed by atoms with Crippen molar-refractivity contribution in [3.8, 4) is 0 Å². The lowest BCUT2D eigenvalue weighted by Crippen LogP contribution is -2.29. The molecule has 100 valence electrons. The number of anilines is 1. The van der Waals surface area contributed by atoms with Gasteiger partial charge >= 0.3 is 0 Å². The van der Waals surface area contributed by atoms with Crippen LogP contribution >= 0.6 is 15.9 Å². The number of aryl methyl sites for hydroxylation is 1. The van der Waals surface area contributed by atoms with Crippen molar-refractivity contribution >= 4 is 33.3 Å². The molecular weight excluding hydrogens is 318 g/mol. The monoisotopic (exact) mass is 329 g/mol. The Hall–Kier alpha value is -1.94. The highest BCUT2D eigenvalue weighted by molar-refractivity contribution is 9.10. The second-order valence-electron chi connectivity index (χ2n) is 4.87. The maximum absolute atomic E-state index is 12.1. The van der Waals surface area contributed by atoms with E-state index in [0.717, 1.165) is 15.6 Å². The van der Waals surface area contributed by atoms with E-state index in [9.17, 15) is 9.59 Å². The molecule has 0 unspecified atom stereocenters. The van der Waals surface area contributed by atoms with E-state index in [-0.39, 0.29) is 0 Å². The van der Waals surface area contributed by atoms with Gasteiger partial charge in [0.2, 0.25) is 0 Å². The van der Waals surface area contributed by atoms with Crippen LogP contribution in [0, 0.1) is 6.92 Å². The number of halogens is 1. The van der Waals surface area contributed by atoms with Crippen molar-refractivity contribution in [1.82, 2.24) is 0 Å². The van der Waals surface area contributed by atoms with E-state index in [0.29, 0.717) is 17.8 Å². The number of fused-ring (bicyclic) bond motifs is 1. The number of carbonyl (C=O) groups excluding carboxylic acids is 2. The van der Waals surface area contributed by atoms with E-state index < -0.39 is 11.7 Å². The molecule has 0 saturated carbocycles. The zero-order valence-electron chi connectivity index (χ0n) is 10.9. The van der Waals surface area contributed by atoms with Crippen LogP contribution in [0.25, 0.3) is 0 Å². The molecule has 1 heterocycles. The number of hydrogen-bond acceptors (Lipinski definition) is 2. The molecule has 0 saturated heterocycles. The third kappa shape index (κ3) is 2.16. The average Bonchev–Trinajstić information content (AvgIpc) is 2.64. The Balaban J connectivity index is 1.99. The summed E-state index contributed by atoms with van der Waals surface area (Å²) >= 11 is 3.33. The number of Topliss-reactive ketones (excluding diaryl/α,β-unsaturated/α-hetero) is 1. The highest BCUT2D eigenvalue weighted by Gasteiger charge is 2.35. The van der Waals surface area contributed by atoms with Crippen molar-refractivity contribution in [1.29, 1.82) is 0 Å². The zero-order valence-corrected chi connectivity index (χ0v) is 12.5. The molecular formula is C16H12BrNO2. The maximum Gasteiger partial charge on any atom is 0.299 e. The molecule has 0 spiro atoms. The molecule has 3 nitrogen and oxygen atoms in total. The molecule has 1 aliphatic heterocycles. The summed E-state index contributed by atoms with van der Waals surface area (Å²) in [4.78, 5) is 25.7. The SMILES string of the molecule is Cc1cccc(CN2C(=O)C(=O)c3cc(Br)ccc32)c1. The van der Waals surface area contributed by atoms with Gasteiger partial charge in [0, 0.05) is 4.47 Å². The van der Waals surface area contributed by atoms with Gasteiger partial charge in [0.15, 0.2) is 0 Å². The van der Waals surface area contributed by atoms with Gasteiger partial charge < -0.3 is 4.90 Å². The fraction of sp³-hybridized carbons (Fsp3) is 0.125. The fourth-order valence-electron chi connectivity index (χ4n) is 2.42. The van der Waals surface area contributed by atoms with Crippen molar-refractivity contribution in [2.75, 3.05) is 4.90 Å². The molecule has 2 aromatic carbocycles. The first kappa shape index (κ1) is 13.1. The Morgan fingerprint density at radius 3 is 2.65 bits per heavy atom. The Morgan fingerprint density at radius 2 is 1.90 bits per heavy atom. The molecule has 4 heteroatoms. The predicted octanol–water partition coefficient (Wildman–Crippen LogP) is 3.49. The van der Waals surface area contributed by atoms with Gasteiger partial charge in [-0.3, -0.25) is 9.59 Å². The Labute approximate surface area is 125 Å². The minimum Gasteiger partial charge on any atom is -0.300 e. The van der Waals surface area contributed by atoms with E-state index >= 15 is 0 Å². The molecule has 2 aromatic rings. The highest BCUT2D eigenvalue weighted by atomic mass is 79.9. The van der Waals surface area contributed by atoms with E-state index in [1.54, 1.807) is 17.0 Å². The normalized spacial score (nSPS) is 13.8. The number of hydrogen-bond donors (Lipinski definition) is 0. The van der Waals surface area contributed by atoms with Gasteiger partial charge in [-0.1, -0.05) is 45.8 Å². The molecule has 3 rings (SSSR count). The lowest BCUT2D eigenvalue weighted by Gasteiger charge is -2.16. The van der Waals surface area contributed by atoms with Gasteiger partial charge in [-0.25, -0.2) is 0 Å². The molecule has 20 heavy (non-hydrogen) atoms. The van der Waals surface area contributed by atoms with Crippen LogP contribution in [0.1, 0.15) is 21.5 Å². The third-order valence-corrected chi connectivity index (χ3v) is 3.85. The second kappa shape index (κ2) is 4.87. The molecule has 0 radical (unpaired) electrons. The third-order valence-electron chi connectivity index (χ3n) is 3.36. The maximum atomic E-state index is 12.1. The number of carbonyl (C=O) groups is 2. The lowest BCUT2D eigenvalue weighted by molar-refractivity contribution is -0.114. The first-order chi connectivity index (χ1) is 9.56. The van der Waals surface area contributed by atoms with Crippen LogP contribution < -0.4 is 4.90 Å². The van der Waals surface area contributed by atoms with Gasteiger partial charge in [-0.2, -0.15) is 0 Å². The van der Waals surface area contributed by atoms with Gasteiger partial charge in [-0.05, 0) is 30.7 Å². The van der Waals surface area contributed by atoms with Crippen LogP contribution in [0.15, 0.2) is 46.9 Å². The topological polar surface area (TPSA) is 37.4 Å². The van der Waals surface area contributed by atoms with Crippen LogP contribution in [0.3, 0.4) is 0 Å². The summed E-state index contributed by atoms with van der Waals surface area (Å²) in [5, 5.41) is 0. The number of amides is 1. The van der Waals surface area contributed by atoms with Crippen LogP contribution in [-0.2, 0) is 11.3 Å². The van der Waals surface area contributed by atoms with Gasteiger partial charge in [0.1, 0.15) is 0 Å². The summed E-state index contributed by atoms with van der Waals surface area (Å²) in [7, 11) is 0. The summed E-state index contributed by atoms with van der Waals surface area (Å²) in [5.74, 6) is -0.895. The largest absolute Gasteiger partial charge is 0.300 e. The number of benzene rings is 2. The van der Waals surface area contributed by atoms with Crippen molar-refractivity contribution in [3.63, 3.8) is 0 Å². The Kier molecular flexibility index (Phi) is 3.18. The minimum absolute atomic E-state index is 0.418. The summed E-state index contributed by atoms with van der Waals surface area (Å²) in [6, 6.07) is 13.3. The lowest BCUT2D eigenvalue weighted by atomic mass is 10.1. The molecule has 0 aromatic heterocycles. The standard InChI is InChI=1S/C16H12BrNO2/c1-10-3-2-4-11(7-10)9-18-14-6-5-12(17)8-13(14)15(19)16(18)20/h2-8H,9H2,1H3. The molecule has 1 amide bonds. The van der Waals surface area contributed by atoms with Crippen LogP contribution in [0.5, 0.6) is 0 Å². The molecule has 1 aliphatic rings. The van der Waals surface area contributed by atoms with Crippen molar-refractivity contribution < 1.29 is 9.59 Å². The summed E-state index contributed by atoms with van der Waals surface area (Å²) in [6.45, 7) is 2.42. The van der Waals surface area contributed by atoms with Crippen molar-refractivity contribution in [3.05, 3.63) is 63.6 Å². The number of nitrogens with zero attached hydrogens (tertiary/aromatic N) is 1. The fourth-order valence-corrected chi connectivity index (χ4v) is 2.78. The van der Waals surface area contributed by atoms with E-state index in [1.165, 1.54) is 0 Å². The van der Waals surface area contributed by atoms with Crippen LogP contribution in [-0.4, -0.2) is 11.7 Å². The second-order valence-corrected chi connectivity index (χ2v) is 5.79. The van der Waals surface area contributed by atoms with E-state index in [1.807, 2.05) is 37.3 Å². The Morgan fingerprint density at radius 1 is 1.10 bits per heavy atom. The first-order valence-corrected chi connectivity index (χ1v) is 7.07. The highest BCUT2D eigenvalue weighted by Crippen LogP contribution is 2.32. The predicted molar refractivity (Wildman–Crippen MR) is 80.8 cm³/mol. The zero-order chi connectivity index (χ0) is 14.3. The summed E-state index contributed by atoms with van der Waals surface area (Å²) in [6.07, 6.45) is 0. The molecule has 0 bridgehead atoms. The molecule has 0 aliphatic carbocycles. The van der Waals surface area contributed by atoms with Crippen molar-refractivity contribution in [2.24, 2.45) is 0 Å². The van der Waals surface area contributed by atoms with Crippen molar-refractivity contribution in [2.45, 2.75) is 13.5 Å². The Bertz CT molecular complexity index is 724. The first-order valence-electron chi connectivity index (χ1n) is 6.27. The minimum atomic E-state index is -0.459. The van der Waals surface area contributed by atoms with Gasteiger partial charge in [-0.15, -0.1) is 0 Å². The van der Waals surface area contributed by atoms with E-state index in [4.69, 9.17) is 0 Å². The van der Waals surface area contributed by atoms with Crippen LogP contribution in [0.2, 0.25) is 0 Å². The molecule has 0 fully saturated rings. The summed E-state index contributed by atoms with van der Waals surface area (Å²) < 4.78 is 0.801. The number of ketones is 1. The summed E-state index contributed by atoms with van der Waals surface area (Å²) in [5.41, 5.74) is 3.31. The molecule has 0 atom stereocenters. The number of rotatable bonds is 2. The smallest absolute Gasteiger partial charge is 0.299 e. The quantitative estimate of drug-likeness (QED) is 0.791. The van der Waals surface area contributed by atoms with Gasteiger partial charge in [0.05, 0.1) is 17.8 Å². The van der Waals surface area contributed by atoms with E-state index in [2.05, 4.69) is 15.9 Å². The van der Waals surface area contributed by atoms with Crippen LogP contribution in [0.4, 0.5) is 5.69 Å². The molecule has 0 N–H and O–H groups in total. The van der Waals surface area contributed by atoms with Gasteiger partial charge in [0.25, 0.3) is 11.7 Å². The average molecular weight is 330 g/mol.